The van der Waals surface area contributed by atoms with Crippen LogP contribution in [0.15, 0.2) is 53.4 Å². The quantitative estimate of drug-likeness (QED) is 0.822. The second kappa shape index (κ2) is 6.75. The van der Waals surface area contributed by atoms with Crippen molar-refractivity contribution in [3.05, 3.63) is 65.2 Å². The van der Waals surface area contributed by atoms with Crippen LogP contribution in [0.3, 0.4) is 0 Å². The van der Waals surface area contributed by atoms with E-state index in [-0.39, 0.29) is 28.4 Å². The first-order valence-electron chi connectivity index (χ1n) is 6.95. The van der Waals surface area contributed by atoms with Crippen LogP contribution in [0.5, 0.6) is 0 Å². The number of benzene rings is 2. The Morgan fingerprint density at radius 2 is 1.61 bits per heavy atom. The summed E-state index contributed by atoms with van der Waals surface area (Å²) in [5.41, 5.74) is 1.21. The van der Waals surface area contributed by atoms with Crippen LogP contribution in [0.1, 0.15) is 32.7 Å². The van der Waals surface area contributed by atoms with Crippen molar-refractivity contribution >= 4 is 21.6 Å². The van der Waals surface area contributed by atoms with Gasteiger partial charge in [0.2, 0.25) is 0 Å². The lowest BCUT2D eigenvalue weighted by Crippen LogP contribution is -2.12. The van der Waals surface area contributed by atoms with Crippen LogP contribution in [-0.4, -0.2) is 31.0 Å². The van der Waals surface area contributed by atoms with Crippen LogP contribution < -0.4 is 0 Å². The molecule has 1 N–H and O–H groups in total. The molecule has 120 valence electrons. The summed E-state index contributed by atoms with van der Waals surface area (Å²) in [5.74, 6) is -1.69. The smallest absolute Gasteiger partial charge is 0.335 e. The molecule has 2 aromatic rings. The number of carboxylic acids is 1. The molecule has 0 heterocycles. The number of sulfone groups is 1. The number of rotatable bonds is 6. The average Bonchev–Trinajstić information content (AvgIpc) is 2.53. The number of aromatic carboxylic acids is 1. The number of Topliss-reactive ketones (excluding diaryl/α,β-unsaturated/α-hetero) is 1. The van der Waals surface area contributed by atoms with E-state index in [9.17, 15) is 18.0 Å². The lowest BCUT2D eigenvalue weighted by Gasteiger charge is -2.05. The molecule has 0 fully saturated rings. The summed E-state index contributed by atoms with van der Waals surface area (Å²) in [6, 6.07) is 12.0. The summed E-state index contributed by atoms with van der Waals surface area (Å²) in [6.45, 7) is 1.80. The van der Waals surface area contributed by atoms with Gasteiger partial charge < -0.3 is 5.11 Å². The summed E-state index contributed by atoms with van der Waals surface area (Å²) in [5, 5.41) is 8.81. The van der Waals surface area contributed by atoms with Crippen LogP contribution in [0.4, 0.5) is 0 Å². The van der Waals surface area contributed by atoms with Gasteiger partial charge in [-0.2, -0.15) is 0 Å². The normalized spacial score (nSPS) is 11.2. The van der Waals surface area contributed by atoms with Gasteiger partial charge in [-0.05, 0) is 36.8 Å². The molecule has 23 heavy (non-hydrogen) atoms. The van der Waals surface area contributed by atoms with E-state index in [0.29, 0.717) is 5.56 Å². The highest BCUT2D eigenvalue weighted by Crippen LogP contribution is 2.15. The van der Waals surface area contributed by atoms with E-state index in [1.807, 2.05) is 0 Å². The monoisotopic (exact) mass is 332 g/mol. The van der Waals surface area contributed by atoms with Crippen molar-refractivity contribution in [3.8, 4) is 0 Å². The number of carbonyl (C=O) groups excluding carboxylic acids is 1. The predicted molar refractivity (Wildman–Crippen MR) is 85.6 cm³/mol. The maximum atomic E-state index is 12.2. The second-order valence-corrected chi connectivity index (χ2v) is 7.30. The summed E-state index contributed by atoms with van der Waals surface area (Å²) >= 11 is 0. The van der Waals surface area contributed by atoms with Crippen molar-refractivity contribution in [1.29, 1.82) is 0 Å². The van der Waals surface area contributed by atoms with Crippen LogP contribution in [-0.2, 0) is 9.84 Å². The molecule has 0 unspecified atom stereocenters. The standard InChI is InChI=1S/C17H16O5S/c1-12-3-2-4-15(11-12)23(21,22)10-9-16(18)13-5-7-14(8-6-13)17(19)20/h2-8,11H,9-10H2,1H3,(H,19,20). The average molecular weight is 332 g/mol. The Bertz CT molecular complexity index is 836. The Hall–Kier alpha value is -2.47. The molecule has 0 saturated heterocycles. The third kappa shape index (κ3) is 4.26. The minimum Gasteiger partial charge on any atom is -0.478 e. The zero-order valence-corrected chi connectivity index (χ0v) is 13.3. The van der Waals surface area contributed by atoms with Gasteiger partial charge in [0, 0.05) is 12.0 Å². The molecule has 0 aromatic heterocycles. The fraction of sp³-hybridized carbons (Fsp3) is 0.176. The van der Waals surface area contributed by atoms with Crippen LogP contribution in [0, 0.1) is 6.92 Å². The topological polar surface area (TPSA) is 88.5 Å². The fourth-order valence-electron chi connectivity index (χ4n) is 2.10. The van der Waals surface area contributed by atoms with Gasteiger partial charge in [0.15, 0.2) is 15.6 Å². The molecule has 6 heteroatoms. The number of ketones is 1. The summed E-state index contributed by atoms with van der Waals surface area (Å²) in [7, 11) is -3.52. The number of carbonyl (C=O) groups is 2. The maximum absolute atomic E-state index is 12.2. The largest absolute Gasteiger partial charge is 0.478 e. The maximum Gasteiger partial charge on any atom is 0.335 e. The third-order valence-electron chi connectivity index (χ3n) is 3.40. The number of hydrogen-bond acceptors (Lipinski definition) is 4. The molecular formula is C17H16O5S. The van der Waals surface area contributed by atoms with Gasteiger partial charge in [0.05, 0.1) is 16.2 Å². The Morgan fingerprint density at radius 3 is 2.17 bits per heavy atom. The molecular weight excluding hydrogens is 316 g/mol. The summed E-state index contributed by atoms with van der Waals surface area (Å²) in [6.07, 6.45) is -0.150. The molecule has 0 saturated carbocycles. The van der Waals surface area contributed by atoms with E-state index in [0.717, 1.165) is 5.56 Å². The van der Waals surface area contributed by atoms with Crippen LogP contribution in [0.2, 0.25) is 0 Å². The van der Waals surface area contributed by atoms with E-state index in [1.165, 1.54) is 30.3 Å². The first kappa shape index (κ1) is 16.9. The van der Waals surface area contributed by atoms with E-state index in [1.54, 1.807) is 25.1 Å². The van der Waals surface area contributed by atoms with Crippen molar-refractivity contribution in [1.82, 2.24) is 0 Å². The molecule has 2 aromatic carbocycles. The van der Waals surface area contributed by atoms with Gasteiger partial charge >= 0.3 is 5.97 Å². The Balaban J connectivity index is 2.07. The van der Waals surface area contributed by atoms with Gasteiger partial charge in [0.25, 0.3) is 0 Å². The van der Waals surface area contributed by atoms with Crippen LogP contribution in [0.25, 0.3) is 0 Å². The lowest BCUT2D eigenvalue weighted by molar-refractivity contribution is 0.0696. The van der Waals surface area contributed by atoms with Gasteiger partial charge in [-0.25, -0.2) is 13.2 Å². The van der Waals surface area contributed by atoms with Gasteiger partial charge in [0.1, 0.15) is 0 Å². The molecule has 0 radical (unpaired) electrons. The highest BCUT2D eigenvalue weighted by Gasteiger charge is 2.17. The minimum atomic E-state index is -3.52. The van der Waals surface area contributed by atoms with E-state index < -0.39 is 15.8 Å². The molecule has 0 aliphatic carbocycles. The van der Waals surface area contributed by atoms with Gasteiger partial charge in [-0.15, -0.1) is 0 Å². The van der Waals surface area contributed by atoms with E-state index in [4.69, 9.17) is 5.11 Å². The highest BCUT2D eigenvalue weighted by atomic mass is 32.2. The summed E-state index contributed by atoms with van der Waals surface area (Å²) < 4.78 is 24.5. The lowest BCUT2D eigenvalue weighted by atomic mass is 10.1. The molecule has 0 bridgehead atoms. The minimum absolute atomic E-state index is 0.0777. The Morgan fingerprint density at radius 1 is 1.00 bits per heavy atom. The molecule has 5 nitrogen and oxygen atoms in total. The Labute approximate surface area is 134 Å². The number of carboxylic acid groups (broad SMARTS) is 1. The van der Waals surface area contributed by atoms with Gasteiger partial charge in [-0.1, -0.05) is 24.3 Å². The van der Waals surface area contributed by atoms with Crippen LogP contribution >= 0.6 is 0 Å². The Kier molecular flexibility index (Phi) is 4.95. The molecule has 0 amide bonds. The zero-order valence-electron chi connectivity index (χ0n) is 12.5. The van der Waals surface area contributed by atoms with E-state index in [2.05, 4.69) is 0 Å². The second-order valence-electron chi connectivity index (χ2n) is 5.19. The molecule has 0 aliphatic heterocycles. The number of hydrogen-bond donors (Lipinski definition) is 1. The third-order valence-corrected chi connectivity index (χ3v) is 5.11. The SMILES string of the molecule is Cc1cccc(S(=O)(=O)CCC(=O)c2ccc(C(=O)O)cc2)c1. The number of aryl methyl sites for hydroxylation is 1. The van der Waals surface area contributed by atoms with Crippen molar-refractivity contribution in [2.24, 2.45) is 0 Å². The predicted octanol–water partition coefficient (Wildman–Crippen LogP) is 2.74. The molecule has 0 atom stereocenters. The van der Waals surface area contributed by atoms with Crippen molar-refractivity contribution in [3.63, 3.8) is 0 Å². The molecule has 0 aliphatic rings. The molecule has 0 spiro atoms. The first-order chi connectivity index (χ1) is 10.8. The molecule has 2 rings (SSSR count). The fourth-order valence-corrected chi connectivity index (χ4v) is 3.44. The van der Waals surface area contributed by atoms with Gasteiger partial charge in [-0.3, -0.25) is 4.79 Å². The van der Waals surface area contributed by atoms with Crippen molar-refractivity contribution in [2.45, 2.75) is 18.2 Å². The van der Waals surface area contributed by atoms with Crippen molar-refractivity contribution < 1.29 is 23.1 Å². The summed E-state index contributed by atoms with van der Waals surface area (Å²) in [4.78, 5) is 23.0. The highest BCUT2D eigenvalue weighted by molar-refractivity contribution is 7.91. The first-order valence-corrected chi connectivity index (χ1v) is 8.61. The zero-order chi connectivity index (χ0) is 17.0. The van der Waals surface area contributed by atoms with E-state index >= 15 is 0 Å². The van der Waals surface area contributed by atoms with Crippen molar-refractivity contribution in [2.75, 3.05) is 5.75 Å².